The van der Waals surface area contributed by atoms with Gasteiger partial charge < -0.3 is 25.0 Å². The molecule has 2 fully saturated rings. The molecule has 5 atom stereocenters. The van der Waals surface area contributed by atoms with Gasteiger partial charge in [-0.25, -0.2) is 13.9 Å². The van der Waals surface area contributed by atoms with Gasteiger partial charge in [-0.3, -0.25) is 19.0 Å². The number of hydrogen-bond acceptors (Lipinski definition) is 9. The number of carbonyl (C=O) groups excluding carboxylic acids is 4. The number of imidazole rings is 1. The normalized spacial score (nSPS) is 24.4. The minimum absolute atomic E-state index is 0.0214. The maximum absolute atomic E-state index is 15.1. The van der Waals surface area contributed by atoms with Gasteiger partial charge in [-0.15, -0.1) is 0 Å². The zero-order chi connectivity index (χ0) is 42.2. The summed E-state index contributed by atoms with van der Waals surface area (Å²) in [6.07, 6.45) is 5.30. The summed E-state index contributed by atoms with van der Waals surface area (Å²) in [7, 11) is -1.63. The topological polar surface area (TPSA) is 181 Å². The molecule has 1 aromatic heterocycles. The Bertz CT molecular complexity index is 2200. The molecular formula is C41H54FN7O8S. The largest absolute Gasteiger partial charge is 0.459 e. The first-order chi connectivity index (χ1) is 27.3. The molecule has 1 aliphatic carbocycles. The van der Waals surface area contributed by atoms with Gasteiger partial charge in [0.15, 0.2) is 0 Å². The van der Waals surface area contributed by atoms with E-state index in [1.54, 1.807) is 45.0 Å². The Morgan fingerprint density at radius 3 is 2.47 bits per heavy atom. The van der Waals surface area contributed by atoms with Gasteiger partial charge in [0.05, 0.1) is 12.1 Å². The van der Waals surface area contributed by atoms with Gasteiger partial charge in [-0.1, -0.05) is 55.3 Å². The average molecular weight is 824 g/mol. The van der Waals surface area contributed by atoms with Crippen LogP contribution in [0.4, 0.5) is 9.18 Å². The second kappa shape index (κ2) is 16.7. The number of alkyl carbamates (subject to hydrolysis) is 1. The number of halogens is 1. The van der Waals surface area contributed by atoms with Crippen molar-refractivity contribution in [1.82, 2.24) is 34.1 Å². The van der Waals surface area contributed by atoms with Crippen molar-refractivity contribution in [3.05, 3.63) is 60.4 Å². The number of amides is 4. The van der Waals surface area contributed by atoms with E-state index < -0.39 is 75.1 Å². The predicted molar refractivity (Wildman–Crippen MR) is 215 cm³/mol. The van der Waals surface area contributed by atoms with Gasteiger partial charge >= 0.3 is 16.3 Å². The third kappa shape index (κ3) is 9.15. The molecule has 1 saturated carbocycles. The Hall–Kier alpha value is -5.03. The van der Waals surface area contributed by atoms with E-state index in [0.29, 0.717) is 35.0 Å². The quantitative estimate of drug-likeness (QED) is 0.264. The number of nitrogens with one attached hydrogen (secondary N) is 3. The zero-order valence-corrected chi connectivity index (χ0v) is 34.9. The molecule has 0 radical (unpaired) electrons. The average Bonchev–Trinajstić information content (AvgIpc) is 3.46. The lowest BCUT2D eigenvalue weighted by atomic mass is 10.0. The van der Waals surface area contributed by atoms with Crippen molar-refractivity contribution in [3.63, 3.8) is 0 Å². The molecule has 17 heteroatoms. The summed E-state index contributed by atoms with van der Waals surface area (Å²) >= 11 is 0. The highest BCUT2D eigenvalue weighted by molar-refractivity contribution is 7.87. The van der Waals surface area contributed by atoms with Crippen molar-refractivity contribution in [2.75, 3.05) is 20.6 Å². The number of carbonyl (C=O) groups is 4. The van der Waals surface area contributed by atoms with Crippen LogP contribution in [0.25, 0.3) is 22.2 Å². The number of para-hydroxylation sites is 1. The van der Waals surface area contributed by atoms with Crippen molar-refractivity contribution in [2.24, 2.45) is 5.92 Å². The number of benzene rings is 2. The Morgan fingerprint density at radius 2 is 1.78 bits per heavy atom. The minimum Gasteiger partial charge on any atom is -0.459 e. The lowest BCUT2D eigenvalue weighted by molar-refractivity contribution is -0.141. The van der Waals surface area contributed by atoms with E-state index in [1.165, 1.54) is 25.1 Å². The van der Waals surface area contributed by atoms with Crippen LogP contribution in [-0.2, 0) is 29.3 Å². The first-order valence-electron chi connectivity index (χ1n) is 19.8. The maximum Gasteiger partial charge on any atom is 0.408 e. The van der Waals surface area contributed by atoms with Crippen LogP contribution in [0.2, 0.25) is 0 Å². The van der Waals surface area contributed by atoms with E-state index in [-0.39, 0.29) is 37.9 Å². The number of ether oxygens (including phenoxy) is 2. The van der Waals surface area contributed by atoms with E-state index in [0.717, 1.165) is 17.1 Å². The predicted octanol–water partition coefficient (Wildman–Crippen LogP) is 4.98. The van der Waals surface area contributed by atoms with E-state index in [9.17, 15) is 27.6 Å². The smallest absolute Gasteiger partial charge is 0.408 e. The van der Waals surface area contributed by atoms with Crippen molar-refractivity contribution in [2.45, 2.75) is 115 Å². The first kappa shape index (κ1) is 42.6. The summed E-state index contributed by atoms with van der Waals surface area (Å²) in [5.41, 5.74) is -0.283. The fourth-order valence-corrected chi connectivity index (χ4v) is 8.24. The SMILES string of the molecule is CC(C)n1c(O[C@@H]2C[C@H]3C(=O)N[C@]4(C(=O)NS(=O)(=O)N(C)C)C[C@H]4C=CCCCCC[C@H](NC(=O)OC(C)(C)C)C(=O)N3C2)nc2c(-c3ccccc3F)cccc21. The summed E-state index contributed by atoms with van der Waals surface area (Å²) in [6, 6.07) is 9.69. The summed E-state index contributed by atoms with van der Waals surface area (Å²) in [6.45, 7) is 8.97. The third-order valence-electron chi connectivity index (χ3n) is 10.7. The molecule has 6 rings (SSSR count). The van der Waals surface area contributed by atoms with Crippen molar-refractivity contribution >= 4 is 45.1 Å². The molecule has 1 saturated heterocycles. The van der Waals surface area contributed by atoms with E-state index in [2.05, 4.69) is 15.4 Å². The Balaban J connectivity index is 1.37. The van der Waals surface area contributed by atoms with Gasteiger partial charge in [-0.2, -0.15) is 17.7 Å². The molecule has 2 aliphatic heterocycles. The molecule has 58 heavy (non-hydrogen) atoms. The number of nitrogens with zero attached hydrogens (tertiary/aromatic N) is 4. The van der Waals surface area contributed by atoms with E-state index in [4.69, 9.17) is 14.5 Å². The Kier molecular flexibility index (Phi) is 12.2. The fourth-order valence-electron chi connectivity index (χ4n) is 7.64. The standard InChI is InChI=1S/C41H54FN7O8S/c1-25(2)49-32-21-15-18-29(28-17-13-14-19-30(28)42)34(32)44-38(49)56-27-22-33-35(50)45-41(37(52)46-58(54,55)47(6)7)23-26(41)16-11-9-8-10-12-20-31(36(51)48(33)24-27)43-39(53)57-40(3,4)5/h11,13-19,21,25-27,31,33H,8-10,12,20,22-24H2,1-7H3,(H,43,53)(H,45,50)(H,46,52)/t26-,27-,31+,33+,41-/m1/s1. The van der Waals surface area contributed by atoms with Gasteiger partial charge in [-0.05, 0) is 72.4 Å². The Morgan fingerprint density at radius 1 is 1.05 bits per heavy atom. The monoisotopic (exact) mass is 823 g/mol. The molecule has 3 aliphatic rings. The molecule has 3 heterocycles. The van der Waals surface area contributed by atoms with E-state index >= 15 is 4.39 Å². The highest BCUT2D eigenvalue weighted by Gasteiger charge is 2.62. The second-order valence-electron chi connectivity index (χ2n) is 16.7. The van der Waals surface area contributed by atoms with Crippen LogP contribution in [0, 0.1) is 11.7 Å². The number of fused-ring (bicyclic) bond motifs is 3. The van der Waals surface area contributed by atoms with Crippen LogP contribution in [0.15, 0.2) is 54.6 Å². The van der Waals surface area contributed by atoms with Crippen LogP contribution >= 0.6 is 0 Å². The number of aromatic nitrogens is 2. The molecule has 3 aromatic rings. The zero-order valence-electron chi connectivity index (χ0n) is 34.1. The highest BCUT2D eigenvalue weighted by Crippen LogP contribution is 2.46. The summed E-state index contributed by atoms with van der Waals surface area (Å²) in [5.74, 6) is -3.01. The van der Waals surface area contributed by atoms with E-state index in [1.807, 2.05) is 42.7 Å². The number of rotatable bonds is 8. The fraction of sp³-hybridized carbons (Fsp3) is 0.537. The Labute approximate surface area is 338 Å². The van der Waals surface area contributed by atoms with Crippen molar-refractivity contribution < 1.29 is 41.5 Å². The van der Waals surface area contributed by atoms with Crippen LogP contribution < -0.4 is 20.1 Å². The van der Waals surface area contributed by atoms with Crippen LogP contribution in [0.1, 0.15) is 85.6 Å². The molecule has 0 unspecified atom stereocenters. The van der Waals surface area contributed by atoms with Crippen LogP contribution in [0.5, 0.6) is 6.01 Å². The van der Waals surface area contributed by atoms with Gasteiger partial charge in [0.25, 0.3) is 11.9 Å². The summed E-state index contributed by atoms with van der Waals surface area (Å²) in [4.78, 5) is 62.1. The molecule has 15 nitrogen and oxygen atoms in total. The number of hydrogen-bond donors (Lipinski definition) is 3. The molecule has 2 aromatic carbocycles. The molecule has 0 spiro atoms. The number of allylic oxidation sites excluding steroid dienone is 1. The lowest BCUT2D eigenvalue weighted by Crippen LogP contribution is -2.58. The molecule has 314 valence electrons. The third-order valence-corrected chi connectivity index (χ3v) is 12.1. The van der Waals surface area contributed by atoms with Crippen molar-refractivity contribution in [3.8, 4) is 17.1 Å². The molecule has 3 N–H and O–H groups in total. The van der Waals surface area contributed by atoms with Gasteiger partial charge in [0.2, 0.25) is 11.8 Å². The van der Waals surface area contributed by atoms with Crippen LogP contribution in [-0.4, -0.2) is 101 Å². The van der Waals surface area contributed by atoms with Crippen LogP contribution in [0.3, 0.4) is 0 Å². The van der Waals surface area contributed by atoms with Gasteiger partial charge in [0, 0.05) is 43.6 Å². The first-order valence-corrected chi connectivity index (χ1v) is 21.2. The van der Waals surface area contributed by atoms with Crippen molar-refractivity contribution in [1.29, 1.82) is 0 Å². The molecular weight excluding hydrogens is 770 g/mol. The highest BCUT2D eigenvalue weighted by atomic mass is 32.2. The second-order valence-corrected chi connectivity index (χ2v) is 18.6. The van der Waals surface area contributed by atoms with Gasteiger partial charge in [0.1, 0.15) is 40.7 Å². The molecule has 0 bridgehead atoms. The maximum atomic E-state index is 15.1. The lowest BCUT2D eigenvalue weighted by Gasteiger charge is -2.30. The summed E-state index contributed by atoms with van der Waals surface area (Å²) < 4.78 is 57.5. The summed E-state index contributed by atoms with van der Waals surface area (Å²) in [5, 5.41) is 5.58. The molecule has 4 amide bonds. The minimum atomic E-state index is -4.20.